The number of carbonyl (C=O) groups is 3. The number of imide groups is 1. The monoisotopic (exact) mass is 395 g/mol. The molecule has 1 aliphatic heterocycles. The van der Waals surface area contributed by atoms with E-state index in [1.54, 1.807) is 42.5 Å². The molecule has 2 aromatic carbocycles. The van der Waals surface area contributed by atoms with Crippen LogP contribution in [0.2, 0.25) is 0 Å². The molecule has 0 spiro atoms. The molecule has 3 rings (SSSR count). The minimum atomic E-state index is -0.327. The lowest BCUT2D eigenvalue weighted by Crippen LogP contribution is -2.39. The maximum absolute atomic E-state index is 12.7. The van der Waals surface area contributed by atoms with Crippen LogP contribution in [0.25, 0.3) is 0 Å². The summed E-state index contributed by atoms with van der Waals surface area (Å²) < 4.78 is 5.31. The molecule has 0 unspecified atom stereocenters. The van der Waals surface area contributed by atoms with Crippen LogP contribution in [0.4, 0.5) is 0 Å². The zero-order valence-electron chi connectivity index (χ0n) is 16.8. The molecule has 1 aliphatic rings. The van der Waals surface area contributed by atoms with E-state index in [1.165, 1.54) is 12.0 Å². The highest BCUT2D eigenvalue weighted by molar-refractivity contribution is 6.21. The van der Waals surface area contributed by atoms with Crippen molar-refractivity contribution in [3.8, 4) is 5.75 Å². The van der Waals surface area contributed by atoms with Gasteiger partial charge in [0.25, 0.3) is 17.7 Å². The first-order valence-corrected chi connectivity index (χ1v) is 9.60. The van der Waals surface area contributed by atoms with Crippen LogP contribution in [0.1, 0.15) is 50.5 Å². The molecule has 1 atom stereocenters. The number of nitrogens with zero attached hydrogens (tertiary/aromatic N) is 1. The fourth-order valence-corrected chi connectivity index (χ4v) is 3.36. The van der Waals surface area contributed by atoms with Gasteiger partial charge in [-0.05, 0) is 43.3 Å². The van der Waals surface area contributed by atoms with Crippen molar-refractivity contribution in [1.82, 2.24) is 15.5 Å². The summed E-state index contributed by atoms with van der Waals surface area (Å²) >= 11 is 0. The van der Waals surface area contributed by atoms with Crippen molar-refractivity contribution in [2.45, 2.75) is 26.4 Å². The summed E-state index contributed by atoms with van der Waals surface area (Å²) in [5.41, 5.74) is 1.85. The maximum Gasteiger partial charge on any atom is 0.261 e. The van der Waals surface area contributed by atoms with E-state index < -0.39 is 0 Å². The van der Waals surface area contributed by atoms with Gasteiger partial charge in [-0.3, -0.25) is 19.3 Å². The number of methoxy groups -OCH3 is 1. The summed E-state index contributed by atoms with van der Waals surface area (Å²) in [7, 11) is 1.50. The third kappa shape index (κ3) is 4.30. The quantitative estimate of drug-likeness (QED) is 0.669. The Morgan fingerprint density at radius 3 is 2.34 bits per heavy atom. The van der Waals surface area contributed by atoms with Gasteiger partial charge in [0.1, 0.15) is 5.75 Å². The minimum Gasteiger partial charge on any atom is -0.496 e. The van der Waals surface area contributed by atoms with Crippen LogP contribution in [-0.4, -0.2) is 48.9 Å². The molecular weight excluding hydrogens is 370 g/mol. The molecule has 0 aromatic heterocycles. The fourth-order valence-electron chi connectivity index (χ4n) is 3.36. The second-order valence-corrected chi connectivity index (χ2v) is 6.95. The number of ether oxygens (including phenoxy) is 1. The molecule has 1 heterocycles. The number of likely N-dealkylation sites (N-methyl/N-ethyl adjacent to an activating group) is 1. The SMILES string of the molecule is CCN[C@H](C)CNC(=O)c1cc(CN2C(=O)c3ccccc3C2=O)ccc1OC. The first kappa shape index (κ1) is 20.5. The number of hydrogen-bond donors (Lipinski definition) is 2. The van der Waals surface area contributed by atoms with Crippen molar-refractivity contribution < 1.29 is 19.1 Å². The second kappa shape index (κ2) is 8.87. The lowest BCUT2D eigenvalue weighted by molar-refractivity contribution is 0.0642. The highest BCUT2D eigenvalue weighted by Crippen LogP contribution is 2.26. The summed E-state index contributed by atoms with van der Waals surface area (Å²) in [6, 6.07) is 12.0. The number of fused-ring (bicyclic) bond motifs is 1. The molecule has 0 fully saturated rings. The Morgan fingerprint density at radius 2 is 1.76 bits per heavy atom. The molecule has 3 amide bonds. The van der Waals surface area contributed by atoms with Gasteiger partial charge in [-0.2, -0.15) is 0 Å². The highest BCUT2D eigenvalue weighted by atomic mass is 16.5. The number of hydrogen-bond acceptors (Lipinski definition) is 5. The van der Waals surface area contributed by atoms with Crippen LogP contribution in [0.15, 0.2) is 42.5 Å². The van der Waals surface area contributed by atoms with Crippen LogP contribution >= 0.6 is 0 Å². The molecular formula is C22H25N3O4. The Bertz CT molecular complexity index is 906. The fraction of sp³-hybridized carbons (Fsp3) is 0.318. The van der Waals surface area contributed by atoms with Crippen molar-refractivity contribution in [2.24, 2.45) is 0 Å². The van der Waals surface area contributed by atoms with E-state index in [0.29, 0.717) is 34.5 Å². The summed E-state index contributed by atoms with van der Waals surface area (Å²) in [5.74, 6) is -0.487. The average molecular weight is 395 g/mol. The van der Waals surface area contributed by atoms with Crippen LogP contribution in [-0.2, 0) is 6.54 Å². The largest absolute Gasteiger partial charge is 0.496 e. The molecule has 0 aliphatic carbocycles. The topological polar surface area (TPSA) is 87.7 Å². The van der Waals surface area contributed by atoms with Crippen molar-refractivity contribution in [3.05, 3.63) is 64.7 Å². The molecule has 152 valence electrons. The Morgan fingerprint density at radius 1 is 1.10 bits per heavy atom. The first-order chi connectivity index (χ1) is 14.0. The van der Waals surface area contributed by atoms with Gasteiger partial charge >= 0.3 is 0 Å². The van der Waals surface area contributed by atoms with E-state index in [4.69, 9.17) is 4.74 Å². The zero-order chi connectivity index (χ0) is 21.0. The first-order valence-electron chi connectivity index (χ1n) is 9.60. The predicted molar refractivity (Wildman–Crippen MR) is 109 cm³/mol. The molecule has 0 bridgehead atoms. The van der Waals surface area contributed by atoms with E-state index in [2.05, 4.69) is 10.6 Å². The molecule has 2 aromatic rings. The van der Waals surface area contributed by atoms with E-state index in [1.807, 2.05) is 13.8 Å². The van der Waals surface area contributed by atoms with Gasteiger partial charge < -0.3 is 15.4 Å². The van der Waals surface area contributed by atoms with Gasteiger partial charge in [0.15, 0.2) is 0 Å². The molecule has 0 saturated carbocycles. The van der Waals surface area contributed by atoms with Gasteiger partial charge in [0, 0.05) is 12.6 Å². The standard InChI is InChI=1S/C22H25N3O4/c1-4-23-14(2)12-24-20(26)18-11-15(9-10-19(18)29-3)13-25-21(27)16-7-5-6-8-17(16)22(25)28/h5-11,14,23H,4,12-13H2,1-3H3,(H,24,26)/t14-/m1/s1. The molecule has 7 nitrogen and oxygen atoms in total. The third-order valence-corrected chi connectivity index (χ3v) is 4.85. The maximum atomic E-state index is 12.7. The average Bonchev–Trinajstić information content (AvgIpc) is 2.97. The Labute approximate surface area is 170 Å². The van der Waals surface area contributed by atoms with Gasteiger partial charge in [-0.25, -0.2) is 0 Å². The van der Waals surface area contributed by atoms with Crippen molar-refractivity contribution in [3.63, 3.8) is 0 Å². The van der Waals surface area contributed by atoms with E-state index >= 15 is 0 Å². The smallest absolute Gasteiger partial charge is 0.261 e. The van der Waals surface area contributed by atoms with Crippen molar-refractivity contribution >= 4 is 17.7 Å². The molecule has 29 heavy (non-hydrogen) atoms. The number of amides is 3. The number of rotatable bonds is 8. The van der Waals surface area contributed by atoms with E-state index in [-0.39, 0.29) is 30.3 Å². The lowest BCUT2D eigenvalue weighted by atomic mass is 10.1. The highest BCUT2D eigenvalue weighted by Gasteiger charge is 2.35. The minimum absolute atomic E-state index is 0.0877. The summed E-state index contributed by atoms with van der Waals surface area (Å²) in [6.45, 7) is 5.36. The van der Waals surface area contributed by atoms with Crippen molar-refractivity contribution in [2.75, 3.05) is 20.2 Å². The van der Waals surface area contributed by atoms with Crippen LogP contribution in [0.3, 0.4) is 0 Å². The van der Waals surface area contributed by atoms with Gasteiger partial charge in [-0.1, -0.05) is 25.1 Å². The number of carbonyl (C=O) groups excluding carboxylic acids is 3. The lowest BCUT2D eigenvalue weighted by Gasteiger charge is -2.17. The predicted octanol–water partition coefficient (Wildman–Crippen LogP) is 2.22. The number of benzene rings is 2. The second-order valence-electron chi connectivity index (χ2n) is 6.95. The summed E-state index contributed by atoms with van der Waals surface area (Å²) in [4.78, 5) is 39.0. The Balaban J connectivity index is 1.78. The Kier molecular flexibility index (Phi) is 6.29. The van der Waals surface area contributed by atoms with Gasteiger partial charge in [0.2, 0.25) is 0 Å². The molecule has 0 radical (unpaired) electrons. The third-order valence-electron chi connectivity index (χ3n) is 4.85. The van der Waals surface area contributed by atoms with Gasteiger partial charge in [-0.15, -0.1) is 0 Å². The molecule has 0 saturated heterocycles. The van der Waals surface area contributed by atoms with Gasteiger partial charge in [0.05, 0.1) is 30.3 Å². The van der Waals surface area contributed by atoms with E-state index in [0.717, 1.165) is 6.54 Å². The molecule has 7 heteroatoms. The van der Waals surface area contributed by atoms with Crippen LogP contribution in [0.5, 0.6) is 5.75 Å². The number of nitrogens with one attached hydrogen (secondary N) is 2. The molecule has 2 N–H and O–H groups in total. The van der Waals surface area contributed by atoms with Crippen LogP contribution < -0.4 is 15.4 Å². The van der Waals surface area contributed by atoms with Crippen LogP contribution in [0, 0.1) is 0 Å². The summed E-state index contributed by atoms with van der Waals surface area (Å²) in [6.07, 6.45) is 0. The zero-order valence-corrected chi connectivity index (χ0v) is 16.8. The Hall–Kier alpha value is -3.19. The van der Waals surface area contributed by atoms with Crippen molar-refractivity contribution in [1.29, 1.82) is 0 Å². The van der Waals surface area contributed by atoms with E-state index in [9.17, 15) is 14.4 Å². The summed E-state index contributed by atoms with van der Waals surface area (Å²) in [5, 5.41) is 6.11. The normalized spacial score (nSPS) is 14.0.